The number of benzene rings is 4. The van der Waals surface area contributed by atoms with Crippen LogP contribution in [0.5, 0.6) is 0 Å². The van der Waals surface area contributed by atoms with Gasteiger partial charge in [-0.25, -0.2) is 0 Å². The first kappa shape index (κ1) is 48.8. The van der Waals surface area contributed by atoms with Crippen molar-refractivity contribution < 1.29 is 0 Å². The van der Waals surface area contributed by atoms with Crippen molar-refractivity contribution in [2.75, 3.05) is 0 Å². The van der Waals surface area contributed by atoms with Crippen molar-refractivity contribution in [2.45, 2.75) is 74.7 Å². The van der Waals surface area contributed by atoms with Crippen LogP contribution in [0.4, 0.5) is 0 Å². The van der Waals surface area contributed by atoms with E-state index in [1.165, 1.54) is 83.5 Å². The minimum Gasteiger partial charge on any atom is -0.365 e. The lowest BCUT2D eigenvalue weighted by atomic mass is 9.99. The van der Waals surface area contributed by atoms with Crippen molar-refractivity contribution in [1.29, 1.82) is 0 Å². The molecule has 322 valence electrons. The summed E-state index contributed by atoms with van der Waals surface area (Å²) in [5.74, 6) is 0. The maximum Gasteiger partial charge on any atom is 0.0538 e. The highest BCUT2D eigenvalue weighted by atomic mass is 15.0. The van der Waals surface area contributed by atoms with Gasteiger partial charge < -0.3 is 9.55 Å². The maximum absolute atomic E-state index is 3.99. The molecule has 2 nitrogen and oxygen atoms in total. The molecule has 0 radical (unpaired) electrons. The number of hydrogen-bond donors (Lipinski definition) is 1. The number of aromatic amines is 1. The van der Waals surface area contributed by atoms with Gasteiger partial charge in [0.15, 0.2) is 0 Å². The number of nitrogens with zero attached hydrogens (tertiary/aromatic N) is 1. The molecule has 0 aliphatic heterocycles. The fourth-order valence-electron chi connectivity index (χ4n) is 7.50. The van der Waals surface area contributed by atoms with Crippen LogP contribution in [0, 0.1) is 27.7 Å². The summed E-state index contributed by atoms with van der Waals surface area (Å²) in [6.07, 6.45) is 32.0. The van der Waals surface area contributed by atoms with E-state index in [9.17, 15) is 0 Å². The van der Waals surface area contributed by atoms with Gasteiger partial charge >= 0.3 is 0 Å². The van der Waals surface area contributed by atoms with Crippen molar-refractivity contribution >= 4 is 33.8 Å². The monoisotopic (exact) mass is 829 g/mol. The maximum atomic E-state index is 3.99. The van der Waals surface area contributed by atoms with E-state index < -0.39 is 0 Å². The fraction of sp³-hybridized carbons (Fsp3) is 0.180. The number of H-pyrrole nitrogens is 1. The Morgan fingerprint density at radius 2 is 1.43 bits per heavy atom. The van der Waals surface area contributed by atoms with Crippen LogP contribution in [-0.2, 0) is 6.42 Å². The summed E-state index contributed by atoms with van der Waals surface area (Å²) in [7, 11) is 0. The molecule has 0 bridgehead atoms. The highest BCUT2D eigenvalue weighted by molar-refractivity contribution is 5.97. The van der Waals surface area contributed by atoms with Crippen LogP contribution >= 0.6 is 0 Å². The van der Waals surface area contributed by atoms with Crippen molar-refractivity contribution in [1.82, 2.24) is 9.55 Å². The van der Waals surface area contributed by atoms with Gasteiger partial charge in [-0.1, -0.05) is 196 Å². The molecule has 6 rings (SSSR count). The third kappa shape index (κ3) is 14.1. The van der Waals surface area contributed by atoms with E-state index >= 15 is 0 Å². The highest BCUT2D eigenvalue weighted by Gasteiger charge is 2.15. The number of allylic oxidation sites excluding steroid dienone is 16. The van der Waals surface area contributed by atoms with Gasteiger partial charge in [0, 0.05) is 39.8 Å². The molecular formula is C61H68N2. The molecule has 63 heavy (non-hydrogen) atoms. The van der Waals surface area contributed by atoms with Crippen LogP contribution in [0.3, 0.4) is 0 Å². The average Bonchev–Trinajstić information content (AvgIpc) is 3.83. The second-order valence-corrected chi connectivity index (χ2v) is 15.6. The fourth-order valence-corrected chi connectivity index (χ4v) is 7.50. The first-order chi connectivity index (χ1) is 30.6. The minimum absolute atomic E-state index is 0.897. The quantitative estimate of drug-likeness (QED) is 0.0996. The van der Waals surface area contributed by atoms with Crippen LogP contribution in [0.2, 0.25) is 0 Å². The van der Waals surface area contributed by atoms with E-state index in [-0.39, 0.29) is 0 Å². The number of nitrogens with one attached hydrogen (secondary N) is 1. The zero-order chi connectivity index (χ0) is 45.6. The van der Waals surface area contributed by atoms with Crippen molar-refractivity contribution in [3.05, 3.63) is 252 Å². The van der Waals surface area contributed by atoms with Gasteiger partial charge in [-0.15, -0.1) is 0 Å². The molecular weight excluding hydrogens is 761 g/mol. The standard InChI is InChI=1S/C34H35N.C14H16.C13H17N/c1-5-7-9-18-32-27(4)35(31(13-6-2)17-12-16-28-14-10-8-11-15-28)34-24-23-30(25-33(32)34)29-21-19-26(3)20-22-29;1-4-6-9-13(5-2)14-10-7-8-12(3)11-14;1-5-7-10(3)12(6-2)13-8-9-14-11(13)4/h6,8-15,17-25H,2,5,7,16H2,1,3-4H3;4-11H,1H2,2-3H3;5-9,14H,1H2,2-4H3/b17-12-,18-9-,31-13+;9-6-,13-5+;10-7-,12-6+. The Labute approximate surface area is 379 Å². The third-order valence-electron chi connectivity index (χ3n) is 10.8. The van der Waals surface area contributed by atoms with Gasteiger partial charge in [-0.3, -0.25) is 0 Å². The molecule has 0 aliphatic rings. The van der Waals surface area contributed by atoms with Crippen molar-refractivity contribution in [3.63, 3.8) is 0 Å². The molecule has 2 aromatic heterocycles. The van der Waals surface area contributed by atoms with Crippen LogP contribution in [0.25, 0.3) is 44.9 Å². The zero-order valence-electron chi connectivity index (χ0n) is 39.1. The van der Waals surface area contributed by atoms with E-state index in [4.69, 9.17) is 0 Å². The van der Waals surface area contributed by atoms with E-state index in [1.54, 1.807) is 6.08 Å². The lowest BCUT2D eigenvalue weighted by Crippen LogP contribution is -1.98. The Balaban J connectivity index is 0.000000255. The molecule has 0 saturated carbocycles. The summed E-state index contributed by atoms with van der Waals surface area (Å²) >= 11 is 0. The second-order valence-electron chi connectivity index (χ2n) is 15.6. The van der Waals surface area contributed by atoms with Crippen LogP contribution in [0.15, 0.2) is 208 Å². The predicted molar refractivity (Wildman–Crippen MR) is 282 cm³/mol. The summed E-state index contributed by atoms with van der Waals surface area (Å²) in [4.78, 5) is 3.19. The second kappa shape index (κ2) is 25.8. The topological polar surface area (TPSA) is 20.7 Å². The van der Waals surface area contributed by atoms with Crippen LogP contribution < -0.4 is 0 Å². The normalized spacial score (nSPS) is 12.4. The summed E-state index contributed by atoms with van der Waals surface area (Å²) in [6.45, 7) is 28.3. The first-order valence-electron chi connectivity index (χ1n) is 22.2. The zero-order valence-corrected chi connectivity index (χ0v) is 39.1. The van der Waals surface area contributed by atoms with Gasteiger partial charge in [-0.05, 0) is 131 Å². The molecule has 0 aliphatic carbocycles. The average molecular weight is 829 g/mol. The summed E-state index contributed by atoms with van der Waals surface area (Å²) in [5.41, 5.74) is 18.7. The Morgan fingerprint density at radius 1 is 0.698 bits per heavy atom. The molecule has 0 fully saturated rings. The molecule has 2 heteroatoms. The lowest BCUT2D eigenvalue weighted by molar-refractivity contribution is 0.962. The Morgan fingerprint density at radius 3 is 2.05 bits per heavy atom. The smallest absolute Gasteiger partial charge is 0.0538 e. The third-order valence-corrected chi connectivity index (χ3v) is 10.8. The van der Waals surface area contributed by atoms with E-state index in [1.807, 2.05) is 37.4 Å². The number of hydrogen-bond acceptors (Lipinski definition) is 0. The number of rotatable bonds is 15. The molecule has 4 aromatic carbocycles. The van der Waals surface area contributed by atoms with Crippen molar-refractivity contribution in [3.8, 4) is 11.1 Å². The Kier molecular flexibility index (Phi) is 20.0. The largest absolute Gasteiger partial charge is 0.365 e. The summed E-state index contributed by atoms with van der Waals surface area (Å²) in [6, 6.07) is 36.8. The number of fused-ring (bicyclic) bond motifs is 1. The first-order valence-corrected chi connectivity index (χ1v) is 22.2. The molecule has 2 heterocycles. The summed E-state index contributed by atoms with van der Waals surface area (Å²) in [5, 5.41) is 1.28. The number of aromatic nitrogens is 2. The van der Waals surface area contributed by atoms with Crippen LogP contribution in [0.1, 0.15) is 85.3 Å². The molecule has 1 N–H and O–H groups in total. The number of unbranched alkanes of at least 4 members (excludes halogenated alkanes) is 1. The molecule has 0 amide bonds. The van der Waals surface area contributed by atoms with E-state index in [0.717, 1.165) is 25.0 Å². The minimum atomic E-state index is 0.897. The summed E-state index contributed by atoms with van der Waals surface area (Å²) < 4.78 is 2.36. The molecule has 0 atom stereocenters. The number of aryl methyl sites for hydroxylation is 3. The lowest BCUT2D eigenvalue weighted by Gasteiger charge is -2.10. The Hall–Kier alpha value is -6.90. The van der Waals surface area contributed by atoms with Gasteiger partial charge in [0.25, 0.3) is 0 Å². The van der Waals surface area contributed by atoms with Crippen molar-refractivity contribution in [2.24, 2.45) is 0 Å². The molecule has 6 aromatic rings. The van der Waals surface area contributed by atoms with Gasteiger partial charge in [0.05, 0.1) is 5.52 Å². The SMILES string of the molecule is C=C/C=C(C)\C(=C/C)c1cc[nH]c1C.C=C/C=C(\C=C/Cc1ccccc1)n1c(C)c(/C=C\CCC)c2cc(-c3ccc(C)cc3)ccc21.C=C/C=C\C(=C/C)c1cccc(C)c1. The van der Waals surface area contributed by atoms with E-state index in [0.29, 0.717) is 0 Å². The highest BCUT2D eigenvalue weighted by Crippen LogP contribution is 2.34. The molecule has 0 spiro atoms. The van der Waals surface area contributed by atoms with E-state index in [2.05, 4.69) is 229 Å². The van der Waals surface area contributed by atoms with Crippen LogP contribution in [-0.4, -0.2) is 9.55 Å². The predicted octanol–water partition coefficient (Wildman–Crippen LogP) is 17.6. The Bertz CT molecular complexity index is 2640. The van der Waals surface area contributed by atoms with Gasteiger partial charge in [0.2, 0.25) is 0 Å². The molecule has 0 saturated heterocycles. The van der Waals surface area contributed by atoms with Gasteiger partial charge in [-0.2, -0.15) is 0 Å². The molecule has 0 unspecified atom stereocenters. The van der Waals surface area contributed by atoms with Gasteiger partial charge in [0.1, 0.15) is 0 Å².